The summed E-state index contributed by atoms with van der Waals surface area (Å²) in [6.07, 6.45) is 0. The van der Waals surface area contributed by atoms with Crippen molar-refractivity contribution in [2.75, 3.05) is 4.90 Å². The molecule has 12 aromatic rings. The number of rotatable bonds is 7. The molecular formula is C61H40N2O. The first-order valence-electron chi connectivity index (χ1n) is 22.0. The van der Waals surface area contributed by atoms with Gasteiger partial charge in [-0.3, -0.25) is 0 Å². The van der Waals surface area contributed by atoms with Crippen LogP contribution >= 0.6 is 0 Å². The van der Waals surface area contributed by atoms with Crippen molar-refractivity contribution in [2.45, 2.75) is 5.41 Å². The van der Waals surface area contributed by atoms with Crippen LogP contribution in [0.1, 0.15) is 22.3 Å². The van der Waals surface area contributed by atoms with Gasteiger partial charge in [-0.05, 0) is 117 Å². The number of furan rings is 1. The molecule has 0 unspecified atom stereocenters. The van der Waals surface area contributed by atoms with Gasteiger partial charge in [-0.15, -0.1) is 0 Å². The van der Waals surface area contributed by atoms with Crippen molar-refractivity contribution < 1.29 is 4.42 Å². The van der Waals surface area contributed by atoms with E-state index in [0.717, 1.165) is 55.8 Å². The van der Waals surface area contributed by atoms with Crippen molar-refractivity contribution in [1.29, 1.82) is 0 Å². The Labute approximate surface area is 371 Å². The van der Waals surface area contributed by atoms with Gasteiger partial charge >= 0.3 is 0 Å². The Balaban J connectivity index is 1.01. The lowest BCUT2D eigenvalue weighted by molar-refractivity contribution is 0.669. The van der Waals surface area contributed by atoms with Gasteiger partial charge in [0.25, 0.3) is 0 Å². The van der Waals surface area contributed by atoms with Gasteiger partial charge < -0.3 is 13.9 Å². The topological polar surface area (TPSA) is 21.3 Å². The van der Waals surface area contributed by atoms with E-state index >= 15 is 0 Å². The Kier molecular flexibility index (Phi) is 8.13. The third-order valence-electron chi connectivity index (χ3n) is 13.5. The zero-order chi connectivity index (χ0) is 42.2. The van der Waals surface area contributed by atoms with Crippen molar-refractivity contribution in [3.05, 3.63) is 265 Å². The Morgan fingerprint density at radius 1 is 0.375 bits per heavy atom. The predicted molar refractivity (Wildman–Crippen MR) is 265 cm³/mol. The second kappa shape index (κ2) is 14.3. The number of hydrogen-bond acceptors (Lipinski definition) is 2. The van der Waals surface area contributed by atoms with Gasteiger partial charge in [0, 0.05) is 38.6 Å². The fourth-order valence-corrected chi connectivity index (χ4v) is 10.7. The molecule has 0 amide bonds. The highest BCUT2D eigenvalue weighted by atomic mass is 16.3. The molecule has 0 saturated carbocycles. The third-order valence-corrected chi connectivity index (χ3v) is 13.5. The molecule has 0 atom stereocenters. The second-order valence-electron chi connectivity index (χ2n) is 16.8. The zero-order valence-electron chi connectivity index (χ0n) is 34.9. The maximum atomic E-state index is 6.34. The van der Waals surface area contributed by atoms with E-state index in [2.05, 4.69) is 240 Å². The number of hydrogen-bond donors (Lipinski definition) is 0. The summed E-state index contributed by atoms with van der Waals surface area (Å²) in [4.78, 5) is 2.42. The molecule has 0 spiro atoms. The van der Waals surface area contributed by atoms with Gasteiger partial charge in [0.2, 0.25) is 0 Å². The molecule has 0 radical (unpaired) electrons. The summed E-state index contributed by atoms with van der Waals surface area (Å²) in [5.41, 5.74) is 18.0. The van der Waals surface area contributed by atoms with Crippen molar-refractivity contribution in [3.63, 3.8) is 0 Å². The molecular weight excluding hydrogens is 777 g/mol. The van der Waals surface area contributed by atoms with Crippen molar-refractivity contribution in [3.8, 4) is 27.9 Å². The molecule has 10 aromatic carbocycles. The van der Waals surface area contributed by atoms with Gasteiger partial charge in [-0.2, -0.15) is 0 Å². The molecule has 2 heterocycles. The van der Waals surface area contributed by atoms with E-state index in [4.69, 9.17) is 4.42 Å². The molecule has 0 aliphatic heterocycles. The van der Waals surface area contributed by atoms with Gasteiger partial charge in [0.05, 0.1) is 22.1 Å². The van der Waals surface area contributed by atoms with E-state index in [9.17, 15) is 0 Å². The average molecular weight is 817 g/mol. The minimum absolute atomic E-state index is 0.464. The molecule has 300 valence electrons. The molecule has 0 saturated heterocycles. The van der Waals surface area contributed by atoms with E-state index in [1.54, 1.807) is 0 Å². The zero-order valence-corrected chi connectivity index (χ0v) is 34.9. The van der Waals surface area contributed by atoms with E-state index in [1.807, 2.05) is 12.1 Å². The maximum Gasteiger partial charge on any atom is 0.135 e. The standard InChI is InChI=1S/C61H40N2O/c1-4-17-43(18-5-1)61(44-19-6-2-7-20-44)53-26-13-10-23-48(53)49-37-33-42(39-54(49)61)41-31-34-46(35-32-41)62(47-36-38-59-52(40-47)50-24-12-15-30-58(50)64-59)56-28-16-29-57-60(56)51-25-11-14-27-55(51)63(57)45-21-8-3-9-22-45/h1-40H. The van der Waals surface area contributed by atoms with Crippen LogP contribution in [0, 0.1) is 0 Å². The predicted octanol–water partition coefficient (Wildman–Crippen LogP) is 16.2. The molecule has 13 rings (SSSR count). The monoisotopic (exact) mass is 816 g/mol. The highest BCUT2D eigenvalue weighted by Gasteiger charge is 2.46. The average Bonchev–Trinajstić information content (AvgIpc) is 4.01. The molecule has 1 aliphatic rings. The van der Waals surface area contributed by atoms with Crippen LogP contribution in [-0.4, -0.2) is 4.57 Å². The second-order valence-corrected chi connectivity index (χ2v) is 16.8. The number of aromatic nitrogens is 1. The quantitative estimate of drug-likeness (QED) is 0.160. The van der Waals surface area contributed by atoms with Gasteiger partial charge in [-0.25, -0.2) is 0 Å². The Bertz CT molecular complexity index is 3680. The lowest BCUT2D eigenvalue weighted by Gasteiger charge is -2.34. The minimum Gasteiger partial charge on any atom is -0.456 e. The Hall–Kier alpha value is -8.40. The number of nitrogens with zero attached hydrogens (tertiary/aromatic N) is 2. The summed E-state index contributed by atoms with van der Waals surface area (Å²) in [5, 5.41) is 4.59. The fraction of sp³-hybridized carbons (Fsp3) is 0.0164. The number of benzene rings is 10. The minimum atomic E-state index is -0.464. The number of anilines is 3. The summed E-state index contributed by atoms with van der Waals surface area (Å²) in [5.74, 6) is 0. The van der Waals surface area contributed by atoms with Crippen LogP contribution in [0.15, 0.2) is 247 Å². The van der Waals surface area contributed by atoms with Crippen LogP contribution in [0.25, 0.3) is 71.7 Å². The van der Waals surface area contributed by atoms with Crippen LogP contribution in [0.3, 0.4) is 0 Å². The van der Waals surface area contributed by atoms with E-state index in [-0.39, 0.29) is 0 Å². The van der Waals surface area contributed by atoms with Crippen LogP contribution in [-0.2, 0) is 5.41 Å². The first-order chi connectivity index (χ1) is 31.8. The van der Waals surface area contributed by atoms with Crippen LogP contribution < -0.4 is 4.90 Å². The molecule has 2 aromatic heterocycles. The lowest BCUT2D eigenvalue weighted by Crippen LogP contribution is -2.28. The SMILES string of the molecule is c1ccc(-n2c3ccccc3c3c(N(c4ccc(-c5ccc6c(c5)C(c5ccccc5)(c5ccccc5)c5ccccc5-6)cc4)c4ccc5oc6ccccc6c5c4)cccc32)cc1. The molecule has 3 heteroatoms. The fourth-order valence-electron chi connectivity index (χ4n) is 10.7. The number of fused-ring (bicyclic) bond motifs is 9. The molecule has 3 nitrogen and oxygen atoms in total. The molecule has 1 aliphatic carbocycles. The van der Waals surface area contributed by atoms with Crippen LogP contribution in [0.5, 0.6) is 0 Å². The first-order valence-corrected chi connectivity index (χ1v) is 22.0. The highest BCUT2D eigenvalue weighted by molar-refractivity contribution is 6.17. The van der Waals surface area contributed by atoms with Gasteiger partial charge in [0.1, 0.15) is 11.2 Å². The smallest absolute Gasteiger partial charge is 0.135 e. The van der Waals surface area contributed by atoms with Crippen molar-refractivity contribution in [2.24, 2.45) is 0 Å². The highest BCUT2D eigenvalue weighted by Crippen LogP contribution is 2.57. The summed E-state index contributed by atoms with van der Waals surface area (Å²) in [7, 11) is 0. The Morgan fingerprint density at radius 2 is 0.969 bits per heavy atom. The largest absolute Gasteiger partial charge is 0.456 e. The van der Waals surface area contributed by atoms with Gasteiger partial charge in [0.15, 0.2) is 0 Å². The van der Waals surface area contributed by atoms with Crippen molar-refractivity contribution >= 4 is 60.8 Å². The number of para-hydroxylation sites is 3. The van der Waals surface area contributed by atoms with E-state index < -0.39 is 5.41 Å². The third kappa shape index (κ3) is 5.34. The van der Waals surface area contributed by atoms with E-state index in [0.29, 0.717) is 0 Å². The van der Waals surface area contributed by atoms with E-state index in [1.165, 1.54) is 55.2 Å². The van der Waals surface area contributed by atoms with Crippen molar-refractivity contribution in [1.82, 2.24) is 4.57 Å². The van der Waals surface area contributed by atoms with Crippen LogP contribution in [0.2, 0.25) is 0 Å². The summed E-state index contributed by atoms with van der Waals surface area (Å²) in [6.45, 7) is 0. The molecule has 0 bridgehead atoms. The summed E-state index contributed by atoms with van der Waals surface area (Å²) in [6, 6.07) is 88.3. The Morgan fingerprint density at radius 3 is 1.75 bits per heavy atom. The lowest BCUT2D eigenvalue weighted by atomic mass is 9.67. The molecule has 0 N–H and O–H groups in total. The first kappa shape index (κ1) is 36.3. The van der Waals surface area contributed by atoms with Gasteiger partial charge in [-0.1, -0.05) is 170 Å². The normalized spacial score (nSPS) is 12.8. The molecule has 64 heavy (non-hydrogen) atoms. The maximum absolute atomic E-state index is 6.34. The summed E-state index contributed by atoms with van der Waals surface area (Å²) >= 11 is 0. The molecule has 0 fully saturated rings. The summed E-state index contributed by atoms with van der Waals surface area (Å²) < 4.78 is 8.73. The van der Waals surface area contributed by atoms with Crippen LogP contribution in [0.4, 0.5) is 17.1 Å².